The normalized spacial score (nSPS) is 13.0. The van der Waals surface area contributed by atoms with Crippen molar-refractivity contribution in [3.8, 4) is 79.0 Å². The van der Waals surface area contributed by atoms with Crippen LogP contribution in [0, 0.1) is 0 Å². The van der Waals surface area contributed by atoms with E-state index in [9.17, 15) is 0 Å². The Kier molecular flexibility index (Phi) is 7.68. The highest BCUT2D eigenvalue weighted by atomic mass is 16.6. The van der Waals surface area contributed by atoms with Crippen LogP contribution in [0.25, 0.3) is 56.0 Å². The zero-order valence-electron chi connectivity index (χ0n) is 30.8. The highest BCUT2D eigenvalue weighted by Gasteiger charge is 2.48. The van der Waals surface area contributed by atoms with E-state index in [0.29, 0.717) is 17.2 Å². The maximum Gasteiger partial charge on any atom is 0.178 e. The smallest absolute Gasteiger partial charge is 0.178 e. The third-order valence-electron chi connectivity index (χ3n) is 11.3. The number of aromatic nitrogens is 2. The van der Waals surface area contributed by atoms with Gasteiger partial charge in [0.2, 0.25) is 0 Å². The minimum Gasteiger partial charge on any atom is -0.449 e. The van der Waals surface area contributed by atoms with Gasteiger partial charge in [-0.1, -0.05) is 146 Å². The van der Waals surface area contributed by atoms with Crippen molar-refractivity contribution in [2.45, 2.75) is 5.41 Å². The Hall–Kier alpha value is -7.56. The molecule has 7 aromatic carbocycles. The van der Waals surface area contributed by atoms with Crippen LogP contribution in [0.3, 0.4) is 0 Å². The third kappa shape index (κ3) is 5.37. The summed E-state index contributed by atoms with van der Waals surface area (Å²) >= 11 is 0. The van der Waals surface area contributed by atoms with E-state index in [1.54, 1.807) is 0 Å². The van der Waals surface area contributed by atoms with Crippen LogP contribution < -0.4 is 9.47 Å². The van der Waals surface area contributed by atoms with E-state index >= 15 is 0 Å². The summed E-state index contributed by atoms with van der Waals surface area (Å²) in [5.74, 6) is 2.72. The van der Waals surface area contributed by atoms with Crippen molar-refractivity contribution >= 4 is 0 Å². The summed E-state index contributed by atoms with van der Waals surface area (Å²) in [7, 11) is 0. The molecule has 268 valence electrons. The second-order valence-electron chi connectivity index (χ2n) is 14.5. The zero-order chi connectivity index (χ0) is 37.8. The summed E-state index contributed by atoms with van der Waals surface area (Å²) in [5.41, 5.74) is 14.2. The molecule has 0 N–H and O–H groups in total. The molecule has 0 saturated heterocycles. The lowest BCUT2D eigenvalue weighted by Crippen LogP contribution is -2.28. The zero-order valence-corrected chi connectivity index (χ0v) is 30.8. The van der Waals surface area contributed by atoms with Crippen molar-refractivity contribution < 1.29 is 9.47 Å². The fraction of sp³-hybridized carbons (Fsp3) is 0.0189. The standard InChI is InChI=1S/C53H34N2O2/c1-4-15-35(16-5-1)39-32-46(37-18-14-17-36(31-37)45-25-12-13-30-54-45)55-47(33-39)38-26-28-48-50(34-38)57-52-49(56-48)29-27-44-51(52)42-23-10-11-24-43(42)53(44,40-19-6-2-7-20-40)41-21-8-3-9-22-41/h1-34H. The number of benzene rings is 7. The second kappa shape index (κ2) is 13.3. The van der Waals surface area contributed by atoms with Crippen LogP contribution in [0.5, 0.6) is 23.0 Å². The Morgan fingerprint density at radius 2 is 0.982 bits per heavy atom. The fourth-order valence-corrected chi connectivity index (χ4v) is 8.72. The summed E-state index contributed by atoms with van der Waals surface area (Å²) in [6, 6.07) is 69.9. The van der Waals surface area contributed by atoms with Crippen molar-refractivity contribution in [1.29, 1.82) is 0 Å². The number of nitrogens with zero attached hydrogens (tertiary/aromatic N) is 2. The number of fused-ring (bicyclic) bond motifs is 6. The van der Waals surface area contributed by atoms with Crippen molar-refractivity contribution in [2.24, 2.45) is 0 Å². The predicted molar refractivity (Wildman–Crippen MR) is 228 cm³/mol. The predicted octanol–water partition coefficient (Wildman–Crippen LogP) is 13.4. The average Bonchev–Trinajstić information content (AvgIpc) is 3.61. The molecule has 0 spiro atoms. The highest BCUT2D eigenvalue weighted by Crippen LogP contribution is 2.62. The first-order chi connectivity index (χ1) is 28.2. The molecule has 0 saturated carbocycles. The first-order valence-corrected chi connectivity index (χ1v) is 19.2. The van der Waals surface area contributed by atoms with Crippen LogP contribution in [0.4, 0.5) is 0 Å². The molecule has 9 aromatic rings. The van der Waals surface area contributed by atoms with Gasteiger partial charge in [-0.2, -0.15) is 0 Å². The van der Waals surface area contributed by atoms with E-state index in [4.69, 9.17) is 14.5 Å². The summed E-state index contributed by atoms with van der Waals surface area (Å²) in [4.78, 5) is 9.88. The molecule has 1 aliphatic heterocycles. The van der Waals surface area contributed by atoms with Crippen LogP contribution in [0.2, 0.25) is 0 Å². The van der Waals surface area contributed by atoms with Gasteiger partial charge in [0.05, 0.1) is 22.5 Å². The molecular formula is C53H34N2O2. The third-order valence-corrected chi connectivity index (χ3v) is 11.3. The number of ether oxygens (including phenoxy) is 2. The Bertz CT molecular complexity index is 2910. The molecule has 1 aliphatic carbocycles. The first-order valence-electron chi connectivity index (χ1n) is 19.2. The minimum absolute atomic E-state index is 0.541. The van der Waals surface area contributed by atoms with E-state index in [0.717, 1.165) is 67.3 Å². The van der Waals surface area contributed by atoms with Gasteiger partial charge in [-0.25, -0.2) is 4.98 Å². The number of hydrogen-bond donors (Lipinski definition) is 0. The summed E-state index contributed by atoms with van der Waals surface area (Å²) in [6.07, 6.45) is 1.82. The molecule has 0 radical (unpaired) electrons. The maximum atomic E-state index is 7.04. The molecule has 0 bridgehead atoms. The topological polar surface area (TPSA) is 44.2 Å². The van der Waals surface area contributed by atoms with Crippen molar-refractivity contribution in [1.82, 2.24) is 9.97 Å². The van der Waals surface area contributed by atoms with Gasteiger partial charge in [-0.05, 0) is 93.5 Å². The van der Waals surface area contributed by atoms with Crippen LogP contribution in [0.1, 0.15) is 22.3 Å². The average molecular weight is 731 g/mol. The van der Waals surface area contributed by atoms with Gasteiger partial charge in [0.25, 0.3) is 0 Å². The van der Waals surface area contributed by atoms with Gasteiger partial charge in [-0.3, -0.25) is 4.98 Å². The number of pyridine rings is 2. The van der Waals surface area contributed by atoms with E-state index in [1.165, 1.54) is 16.7 Å². The van der Waals surface area contributed by atoms with Gasteiger partial charge in [-0.15, -0.1) is 0 Å². The van der Waals surface area contributed by atoms with E-state index in [1.807, 2.05) is 36.5 Å². The van der Waals surface area contributed by atoms with Crippen molar-refractivity contribution in [3.63, 3.8) is 0 Å². The van der Waals surface area contributed by atoms with Gasteiger partial charge < -0.3 is 9.47 Å². The minimum atomic E-state index is -0.541. The van der Waals surface area contributed by atoms with Gasteiger partial charge >= 0.3 is 0 Å². The molecule has 0 fully saturated rings. The fourth-order valence-electron chi connectivity index (χ4n) is 8.72. The van der Waals surface area contributed by atoms with Crippen molar-refractivity contribution in [3.05, 3.63) is 229 Å². The Morgan fingerprint density at radius 1 is 0.368 bits per heavy atom. The van der Waals surface area contributed by atoms with Crippen LogP contribution in [-0.4, -0.2) is 9.97 Å². The summed E-state index contributed by atoms with van der Waals surface area (Å²) in [6.45, 7) is 0. The monoisotopic (exact) mass is 730 g/mol. The molecule has 0 unspecified atom stereocenters. The summed E-state index contributed by atoms with van der Waals surface area (Å²) in [5, 5.41) is 0. The second-order valence-corrected chi connectivity index (χ2v) is 14.5. The quantitative estimate of drug-likeness (QED) is 0.171. The molecule has 4 heteroatoms. The molecule has 0 atom stereocenters. The lowest BCUT2D eigenvalue weighted by Gasteiger charge is -2.34. The van der Waals surface area contributed by atoms with Crippen molar-refractivity contribution in [2.75, 3.05) is 0 Å². The molecule has 11 rings (SSSR count). The highest BCUT2D eigenvalue weighted by molar-refractivity contribution is 5.92. The Labute approximate surface area is 331 Å². The molecular weight excluding hydrogens is 697 g/mol. The van der Waals surface area contributed by atoms with Gasteiger partial charge in [0, 0.05) is 28.5 Å². The molecule has 0 amide bonds. The maximum absolute atomic E-state index is 7.04. The van der Waals surface area contributed by atoms with Gasteiger partial charge in [0.15, 0.2) is 23.0 Å². The lowest BCUT2D eigenvalue weighted by molar-refractivity contribution is 0.360. The van der Waals surface area contributed by atoms with E-state index in [-0.39, 0.29) is 0 Å². The Morgan fingerprint density at radius 3 is 1.70 bits per heavy atom. The van der Waals surface area contributed by atoms with E-state index in [2.05, 4.69) is 175 Å². The Balaban J connectivity index is 1.05. The lowest BCUT2D eigenvalue weighted by atomic mass is 9.68. The van der Waals surface area contributed by atoms with Crippen LogP contribution >= 0.6 is 0 Å². The van der Waals surface area contributed by atoms with Crippen LogP contribution in [-0.2, 0) is 5.41 Å². The first kappa shape index (κ1) is 32.8. The molecule has 57 heavy (non-hydrogen) atoms. The van der Waals surface area contributed by atoms with Crippen LogP contribution in [0.15, 0.2) is 206 Å². The molecule has 4 nitrogen and oxygen atoms in total. The molecule has 2 aromatic heterocycles. The van der Waals surface area contributed by atoms with Gasteiger partial charge in [0.1, 0.15) is 0 Å². The number of rotatable bonds is 6. The largest absolute Gasteiger partial charge is 0.449 e. The molecule has 3 heterocycles. The number of hydrogen-bond acceptors (Lipinski definition) is 4. The molecule has 2 aliphatic rings. The van der Waals surface area contributed by atoms with E-state index < -0.39 is 5.41 Å². The summed E-state index contributed by atoms with van der Waals surface area (Å²) < 4.78 is 13.7. The SMILES string of the molecule is c1ccc(-c2cc(-c3cccc(-c4ccccn4)c3)nc(-c3ccc4c(c3)Oc3c(ccc5c3-c3ccccc3C5(c3ccccc3)c3ccccc3)O4)c2)cc1.